The van der Waals surface area contributed by atoms with Crippen LogP contribution in [0, 0.1) is 10.1 Å². The molecule has 0 aliphatic heterocycles. The molecule has 0 radical (unpaired) electrons. The van der Waals surface area contributed by atoms with E-state index in [4.69, 9.17) is 5.73 Å². The molecule has 62 valence electrons. The minimum atomic E-state index is -0.543. The number of nitrogens with two attached hydrogens (primary N) is 1. The SMILES string of the molecule is CC1=CC[C@@H](N)C[C@H]1[N+](=O)[O-]. The summed E-state index contributed by atoms with van der Waals surface area (Å²) < 4.78 is 0. The molecule has 2 N–H and O–H groups in total. The predicted octanol–water partition coefficient (Wildman–Crippen LogP) is 0.699. The summed E-state index contributed by atoms with van der Waals surface area (Å²) in [6, 6.07) is -0.576. The van der Waals surface area contributed by atoms with Crippen LogP contribution in [-0.2, 0) is 0 Å². The van der Waals surface area contributed by atoms with Crippen molar-refractivity contribution in [2.45, 2.75) is 31.8 Å². The van der Waals surface area contributed by atoms with Crippen molar-refractivity contribution < 1.29 is 4.92 Å². The molecule has 0 aromatic rings. The van der Waals surface area contributed by atoms with Crippen LogP contribution in [0.1, 0.15) is 19.8 Å². The second-order valence-corrected chi connectivity index (χ2v) is 2.98. The largest absolute Gasteiger partial charge is 0.327 e. The molecule has 0 amide bonds. The molecule has 0 fully saturated rings. The lowest BCUT2D eigenvalue weighted by Gasteiger charge is -2.19. The predicted molar refractivity (Wildman–Crippen MR) is 41.7 cm³/mol. The molecular weight excluding hydrogens is 144 g/mol. The lowest BCUT2D eigenvalue weighted by Crippen LogP contribution is -2.34. The van der Waals surface area contributed by atoms with Crippen molar-refractivity contribution >= 4 is 0 Å². The molecule has 1 aliphatic rings. The molecule has 0 saturated carbocycles. The first-order valence-corrected chi connectivity index (χ1v) is 3.67. The van der Waals surface area contributed by atoms with Gasteiger partial charge in [0.25, 0.3) is 0 Å². The second kappa shape index (κ2) is 3.00. The zero-order valence-corrected chi connectivity index (χ0v) is 6.49. The molecule has 0 aromatic heterocycles. The van der Waals surface area contributed by atoms with Gasteiger partial charge in [-0.05, 0) is 18.9 Å². The quantitative estimate of drug-likeness (QED) is 0.345. The maximum Gasteiger partial charge on any atom is 0.235 e. The van der Waals surface area contributed by atoms with Crippen LogP contribution in [0.4, 0.5) is 0 Å². The molecule has 11 heavy (non-hydrogen) atoms. The van der Waals surface area contributed by atoms with Gasteiger partial charge in [0, 0.05) is 17.4 Å². The average Bonchev–Trinajstić information content (AvgIpc) is 1.94. The van der Waals surface area contributed by atoms with E-state index < -0.39 is 6.04 Å². The first-order valence-electron chi connectivity index (χ1n) is 3.67. The Labute approximate surface area is 65.2 Å². The summed E-state index contributed by atoms with van der Waals surface area (Å²) in [6.07, 6.45) is 3.12. The van der Waals surface area contributed by atoms with Gasteiger partial charge in [-0.2, -0.15) is 0 Å². The third kappa shape index (κ3) is 1.77. The minimum Gasteiger partial charge on any atom is -0.327 e. The third-order valence-corrected chi connectivity index (χ3v) is 2.05. The highest BCUT2D eigenvalue weighted by molar-refractivity contribution is 5.10. The molecule has 4 heteroatoms. The second-order valence-electron chi connectivity index (χ2n) is 2.98. The van der Waals surface area contributed by atoms with E-state index in [2.05, 4.69) is 0 Å². The fourth-order valence-electron chi connectivity index (χ4n) is 1.29. The van der Waals surface area contributed by atoms with Crippen molar-refractivity contribution in [2.75, 3.05) is 0 Å². The van der Waals surface area contributed by atoms with Crippen LogP contribution in [0.5, 0.6) is 0 Å². The molecule has 0 bridgehead atoms. The molecule has 0 saturated heterocycles. The van der Waals surface area contributed by atoms with Gasteiger partial charge in [-0.15, -0.1) is 0 Å². The van der Waals surface area contributed by atoms with Gasteiger partial charge in [0.1, 0.15) is 0 Å². The summed E-state index contributed by atoms with van der Waals surface area (Å²) in [6.45, 7) is 1.79. The van der Waals surface area contributed by atoms with E-state index >= 15 is 0 Å². The number of nitro groups is 1. The van der Waals surface area contributed by atoms with Crippen LogP contribution in [0.2, 0.25) is 0 Å². The van der Waals surface area contributed by atoms with Crippen LogP contribution in [0.15, 0.2) is 11.6 Å². The molecule has 1 aliphatic carbocycles. The fraction of sp³-hybridized carbons (Fsp3) is 0.714. The summed E-state index contributed by atoms with van der Waals surface area (Å²) in [5.41, 5.74) is 6.42. The summed E-state index contributed by atoms with van der Waals surface area (Å²) in [5, 5.41) is 10.4. The smallest absolute Gasteiger partial charge is 0.235 e. The van der Waals surface area contributed by atoms with Gasteiger partial charge in [0.05, 0.1) is 0 Å². The lowest BCUT2D eigenvalue weighted by atomic mass is 9.92. The molecule has 0 aromatic carbocycles. The molecule has 4 nitrogen and oxygen atoms in total. The maximum absolute atomic E-state index is 10.4. The van der Waals surface area contributed by atoms with Crippen molar-refractivity contribution in [3.8, 4) is 0 Å². The summed E-state index contributed by atoms with van der Waals surface area (Å²) >= 11 is 0. The minimum absolute atomic E-state index is 0.0332. The van der Waals surface area contributed by atoms with Crippen molar-refractivity contribution in [3.05, 3.63) is 21.8 Å². The average molecular weight is 156 g/mol. The van der Waals surface area contributed by atoms with E-state index in [0.717, 1.165) is 12.0 Å². The normalized spacial score (nSPS) is 31.3. The topological polar surface area (TPSA) is 69.2 Å². The van der Waals surface area contributed by atoms with Gasteiger partial charge in [-0.3, -0.25) is 10.1 Å². The first kappa shape index (κ1) is 8.20. The Morgan fingerprint density at radius 1 is 1.82 bits per heavy atom. The lowest BCUT2D eigenvalue weighted by molar-refractivity contribution is -0.514. The standard InChI is InChI=1S/C7H12N2O2/c1-5-2-3-6(8)4-7(5)9(10)11/h2,6-7H,3-4,8H2,1H3/t6-,7-/m1/s1. The van der Waals surface area contributed by atoms with Crippen molar-refractivity contribution in [1.29, 1.82) is 0 Å². The molecule has 2 atom stereocenters. The molecule has 0 spiro atoms. The molecule has 0 unspecified atom stereocenters. The van der Waals surface area contributed by atoms with Gasteiger partial charge < -0.3 is 5.73 Å². The molecule has 1 rings (SSSR count). The Kier molecular flexibility index (Phi) is 2.24. The van der Waals surface area contributed by atoms with Gasteiger partial charge in [0.15, 0.2) is 0 Å². The Bertz CT molecular complexity index is 201. The van der Waals surface area contributed by atoms with Crippen LogP contribution in [0.3, 0.4) is 0 Å². The monoisotopic (exact) mass is 156 g/mol. The van der Waals surface area contributed by atoms with Crippen molar-refractivity contribution in [2.24, 2.45) is 5.73 Å². The molecule has 0 heterocycles. The number of hydrogen-bond donors (Lipinski definition) is 1. The van der Waals surface area contributed by atoms with E-state index in [9.17, 15) is 10.1 Å². The maximum atomic E-state index is 10.4. The zero-order chi connectivity index (χ0) is 8.43. The highest BCUT2D eigenvalue weighted by atomic mass is 16.6. The summed E-state index contributed by atoms with van der Waals surface area (Å²) in [5.74, 6) is 0. The van der Waals surface area contributed by atoms with Gasteiger partial charge in [0.2, 0.25) is 6.04 Å². The highest BCUT2D eigenvalue weighted by Crippen LogP contribution is 2.19. The molecular formula is C7H12N2O2. The van der Waals surface area contributed by atoms with E-state index in [0.29, 0.717) is 6.42 Å². The summed E-state index contributed by atoms with van der Waals surface area (Å²) in [7, 11) is 0. The van der Waals surface area contributed by atoms with E-state index in [1.54, 1.807) is 6.92 Å². The van der Waals surface area contributed by atoms with Gasteiger partial charge >= 0.3 is 0 Å². The Morgan fingerprint density at radius 3 is 2.91 bits per heavy atom. The van der Waals surface area contributed by atoms with Gasteiger partial charge in [-0.25, -0.2) is 0 Å². The van der Waals surface area contributed by atoms with Crippen LogP contribution < -0.4 is 5.73 Å². The Balaban J connectivity index is 2.71. The van der Waals surface area contributed by atoms with Gasteiger partial charge in [-0.1, -0.05) is 6.08 Å². The van der Waals surface area contributed by atoms with Crippen LogP contribution in [0.25, 0.3) is 0 Å². The summed E-state index contributed by atoms with van der Waals surface area (Å²) in [4.78, 5) is 10.2. The van der Waals surface area contributed by atoms with Crippen molar-refractivity contribution in [1.82, 2.24) is 0 Å². The van der Waals surface area contributed by atoms with Crippen LogP contribution in [-0.4, -0.2) is 17.0 Å². The fourth-order valence-corrected chi connectivity index (χ4v) is 1.29. The first-order chi connectivity index (χ1) is 5.11. The highest BCUT2D eigenvalue weighted by Gasteiger charge is 2.28. The third-order valence-electron chi connectivity index (χ3n) is 2.05. The van der Waals surface area contributed by atoms with E-state index in [1.165, 1.54) is 0 Å². The zero-order valence-electron chi connectivity index (χ0n) is 6.49. The number of nitrogens with zero attached hydrogens (tertiary/aromatic N) is 1. The number of hydrogen-bond acceptors (Lipinski definition) is 3. The van der Waals surface area contributed by atoms with Crippen molar-refractivity contribution in [3.63, 3.8) is 0 Å². The Morgan fingerprint density at radius 2 is 2.45 bits per heavy atom. The van der Waals surface area contributed by atoms with Crippen LogP contribution >= 0.6 is 0 Å². The van der Waals surface area contributed by atoms with E-state index in [-0.39, 0.29) is 11.0 Å². The Hall–Kier alpha value is -0.900. The van der Waals surface area contributed by atoms with E-state index in [1.807, 2.05) is 6.08 Å². The number of rotatable bonds is 1.